The number of hydrogen-bond donors (Lipinski definition) is 0. The van der Waals surface area contributed by atoms with Crippen LogP contribution in [0.5, 0.6) is 0 Å². The highest BCUT2D eigenvalue weighted by atomic mass is 35.5. The molecule has 1 aromatic heterocycles. The predicted molar refractivity (Wildman–Crippen MR) is 57.8 cm³/mol. The molecule has 0 saturated carbocycles. The second kappa shape index (κ2) is 3.44. The predicted octanol–water partition coefficient (Wildman–Crippen LogP) is 1.57. The van der Waals surface area contributed by atoms with Crippen LogP contribution in [0.3, 0.4) is 0 Å². The first-order chi connectivity index (χ1) is 7.26. The molecule has 0 N–H and O–H groups in total. The monoisotopic (exact) mass is 224 g/mol. The molecule has 0 aromatic carbocycles. The molecular formula is C11H13ClN2O. The average Bonchev–Trinajstić information content (AvgIpc) is 2.10. The summed E-state index contributed by atoms with van der Waals surface area (Å²) >= 11 is 5.73. The Morgan fingerprint density at radius 3 is 2.73 bits per heavy atom. The maximum atomic E-state index is 5.73. The highest BCUT2D eigenvalue weighted by molar-refractivity contribution is 6.29. The lowest BCUT2D eigenvalue weighted by Crippen LogP contribution is -2.65. The third-order valence-corrected chi connectivity index (χ3v) is 3.35. The molecule has 1 aromatic rings. The number of likely N-dealkylation sites (tertiary alicyclic amines) is 1. The van der Waals surface area contributed by atoms with Gasteiger partial charge in [-0.2, -0.15) is 0 Å². The number of pyridine rings is 1. The average molecular weight is 225 g/mol. The summed E-state index contributed by atoms with van der Waals surface area (Å²) in [5.74, 6) is 0. The number of hydrogen-bond acceptors (Lipinski definition) is 3. The van der Waals surface area contributed by atoms with Crippen molar-refractivity contribution >= 4 is 11.6 Å². The minimum absolute atomic E-state index is 0.500. The SMILES string of the molecule is Clc1ccc(CN2CC3(COC3)C2)cn1. The first-order valence-electron chi connectivity index (χ1n) is 5.16. The zero-order valence-corrected chi connectivity index (χ0v) is 9.20. The van der Waals surface area contributed by atoms with Gasteiger partial charge in [0, 0.05) is 31.2 Å². The summed E-state index contributed by atoms with van der Waals surface area (Å²) in [4.78, 5) is 6.50. The molecule has 0 atom stereocenters. The standard InChI is InChI=1S/C11H13ClN2O/c12-10-2-1-9(3-13-10)4-14-5-11(6-14)7-15-8-11/h1-3H,4-8H2. The van der Waals surface area contributed by atoms with Crippen molar-refractivity contribution in [3.8, 4) is 0 Å². The van der Waals surface area contributed by atoms with E-state index in [1.54, 1.807) is 0 Å². The molecule has 2 saturated heterocycles. The van der Waals surface area contributed by atoms with Gasteiger partial charge >= 0.3 is 0 Å². The van der Waals surface area contributed by atoms with Crippen molar-refractivity contribution < 1.29 is 4.74 Å². The second-order valence-electron chi connectivity index (χ2n) is 4.63. The molecule has 80 valence electrons. The molecule has 3 heterocycles. The van der Waals surface area contributed by atoms with Crippen molar-refractivity contribution in [1.29, 1.82) is 0 Å². The van der Waals surface area contributed by atoms with Gasteiger partial charge in [0.1, 0.15) is 5.15 Å². The fraction of sp³-hybridized carbons (Fsp3) is 0.545. The highest BCUT2D eigenvalue weighted by Crippen LogP contribution is 2.38. The largest absolute Gasteiger partial charge is 0.380 e. The summed E-state index contributed by atoms with van der Waals surface area (Å²) in [6, 6.07) is 3.89. The summed E-state index contributed by atoms with van der Waals surface area (Å²) < 4.78 is 5.24. The van der Waals surface area contributed by atoms with Crippen molar-refractivity contribution in [3.05, 3.63) is 29.0 Å². The van der Waals surface area contributed by atoms with Gasteiger partial charge in [-0.1, -0.05) is 17.7 Å². The first kappa shape index (κ1) is 9.58. The Hall–Kier alpha value is -0.640. The molecule has 3 rings (SSSR count). The number of ether oxygens (including phenoxy) is 1. The highest BCUT2D eigenvalue weighted by Gasteiger charge is 2.48. The minimum atomic E-state index is 0.500. The molecule has 1 spiro atoms. The molecular weight excluding hydrogens is 212 g/mol. The molecule has 0 aliphatic carbocycles. The van der Waals surface area contributed by atoms with E-state index >= 15 is 0 Å². The van der Waals surface area contributed by atoms with Gasteiger partial charge in [-0.3, -0.25) is 4.90 Å². The van der Waals surface area contributed by atoms with Crippen LogP contribution in [0, 0.1) is 5.41 Å². The Balaban J connectivity index is 1.56. The summed E-state index contributed by atoms with van der Waals surface area (Å²) in [5, 5.41) is 0.561. The lowest BCUT2D eigenvalue weighted by molar-refractivity contribution is -0.191. The van der Waals surface area contributed by atoms with Crippen LogP contribution in [0.1, 0.15) is 5.56 Å². The van der Waals surface area contributed by atoms with Crippen LogP contribution in [0.25, 0.3) is 0 Å². The van der Waals surface area contributed by atoms with Gasteiger partial charge in [0.25, 0.3) is 0 Å². The molecule has 2 aliphatic rings. The summed E-state index contributed by atoms with van der Waals surface area (Å²) in [6.07, 6.45) is 1.85. The Morgan fingerprint density at radius 2 is 2.20 bits per heavy atom. The molecule has 2 aliphatic heterocycles. The van der Waals surface area contributed by atoms with E-state index in [9.17, 15) is 0 Å². The molecule has 3 nitrogen and oxygen atoms in total. The van der Waals surface area contributed by atoms with Gasteiger partial charge in [0.2, 0.25) is 0 Å². The van der Waals surface area contributed by atoms with Crippen LogP contribution in [-0.4, -0.2) is 36.2 Å². The summed E-state index contributed by atoms with van der Waals surface area (Å²) in [7, 11) is 0. The zero-order chi connectivity index (χ0) is 10.3. The molecule has 15 heavy (non-hydrogen) atoms. The van der Waals surface area contributed by atoms with Gasteiger partial charge in [0.05, 0.1) is 13.2 Å². The summed E-state index contributed by atoms with van der Waals surface area (Å²) in [5.41, 5.74) is 1.73. The second-order valence-corrected chi connectivity index (χ2v) is 5.01. The Bertz CT molecular complexity index is 353. The van der Waals surface area contributed by atoms with E-state index in [-0.39, 0.29) is 0 Å². The molecule has 0 bridgehead atoms. The lowest BCUT2D eigenvalue weighted by atomic mass is 9.78. The van der Waals surface area contributed by atoms with E-state index in [2.05, 4.69) is 9.88 Å². The zero-order valence-electron chi connectivity index (χ0n) is 8.45. The van der Waals surface area contributed by atoms with Gasteiger partial charge < -0.3 is 4.74 Å². The van der Waals surface area contributed by atoms with Crippen LogP contribution in [0.15, 0.2) is 18.3 Å². The van der Waals surface area contributed by atoms with Gasteiger partial charge in [0.15, 0.2) is 0 Å². The first-order valence-corrected chi connectivity index (χ1v) is 5.54. The van der Waals surface area contributed by atoms with Crippen LogP contribution in [-0.2, 0) is 11.3 Å². The molecule has 0 unspecified atom stereocenters. The van der Waals surface area contributed by atoms with Crippen molar-refractivity contribution in [3.63, 3.8) is 0 Å². The van der Waals surface area contributed by atoms with Crippen LogP contribution >= 0.6 is 11.6 Å². The van der Waals surface area contributed by atoms with E-state index in [1.165, 1.54) is 5.56 Å². The maximum Gasteiger partial charge on any atom is 0.129 e. The number of nitrogens with zero attached hydrogens (tertiary/aromatic N) is 2. The minimum Gasteiger partial charge on any atom is -0.380 e. The van der Waals surface area contributed by atoms with E-state index in [0.717, 1.165) is 32.8 Å². The number of aromatic nitrogens is 1. The molecule has 0 amide bonds. The molecule has 2 fully saturated rings. The maximum absolute atomic E-state index is 5.73. The fourth-order valence-electron chi connectivity index (χ4n) is 2.35. The topological polar surface area (TPSA) is 25.4 Å². The molecule has 0 radical (unpaired) electrons. The molecule has 4 heteroatoms. The summed E-state index contributed by atoms with van der Waals surface area (Å²) in [6.45, 7) is 5.20. The fourth-order valence-corrected chi connectivity index (χ4v) is 2.46. The smallest absolute Gasteiger partial charge is 0.129 e. The third-order valence-electron chi connectivity index (χ3n) is 3.13. The Kier molecular flexibility index (Phi) is 2.20. The van der Waals surface area contributed by atoms with E-state index in [0.29, 0.717) is 10.6 Å². The normalized spacial score (nSPS) is 23.5. The van der Waals surface area contributed by atoms with E-state index in [4.69, 9.17) is 16.3 Å². The Morgan fingerprint density at radius 1 is 1.40 bits per heavy atom. The van der Waals surface area contributed by atoms with Crippen molar-refractivity contribution in [2.75, 3.05) is 26.3 Å². The van der Waals surface area contributed by atoms with Crippen molar-refractivity contribution in [1.82, 2.24) is 9.88 Å². The Labute approximate surface area is 94.0 Å². The van der Waals surface area contributed by atoms with Gasteiger partial charge in [-0.15, -0.1) is 0 Å². The van der Waals surface area contributed by atoms with Crippen LogP contribution in [0.4, 0.5) is 0 Å². The van der Waals surface area contributed by atoms with Crippen LogP contribution in [0.2, 0.25) is 5.15 Å². The van der Waals surface area contributed by atoms with Crippen LogP contribution < -0.4 is 0 Å². The third kappa shape index (κ3) is 1.75. The van der Waals surface area contributed by atoms with Gasteiger partial charge in [-0.05, 0) is 11.6 Å². The number of rotatable bonds is 2. The van der Waals surface area contributed by atoms with E-state index < -0.39 is 0 Å². The van der Waals surface area contributed by atoms with Crippen molar-refractivity contribution in [2.45, 2.75) is 6.54 Å². The number of halogens is 1. The lowest BCUT2D eigenvalue weighted by Gasteiger charge is -2.55. The quantitative estimate of drug-likeness (QED) is 0.713. The van der Waals surface area contributed by atoms with E-state index in [1.807, 2.05) is 18.3 Å². The van der Waals surface area contributed by atoms with Gasteiger partial charge in [-0.25, -0.2) is 4.98 Å². The van der Waals surface area contributed by atoms with Crippen molar-refractivity contribution in [2.24, 2.45) is 5.41 Å².